The third-order valence-electron chi connectivity index (χ3n) is 6.07. The quantitative estimate of drug-likeness (QED) is 0.828. The van der Waals surface area contributed by atoms with Crippen LogP contribution >= 0.6 is 0 Å². The van der Waals surface area contributed by atoms with Crippen molar-refractivity contribution in [2.24, 2.45) is 5.92 Å². The Labute approximate surface area is 164 Å². The standard InChI is InChI=1S/C22H25N2O4/c1-28-21(26)23-12-5-8-18(15-23)20(25)24-13-10-17-9-11-22(27,19(17)24)14-16-6-3-2-4-7-16/h2-8,12,15,17,19,27H,9-11,13-14H2,1H3/q+1/t17-,19+,22+/m1/s1. The van der Waals surface area contributed by atoms with Crippen LogP contribution in [0.2, 0.25) is 0 Å². The number of hydrogen-bond acceptors (Lipinski definition) is 4. The van der Waals surface area contributed by atoms with E-state index < -0.39 is 11.7 Å². The summed E-state index contributed by atoms with van der Waals surface area (Å²) in [6.45, 7) is 0.623. The Morgan fingerprint density at radius 3 is 2.75 bits per heavy atom. The van der Waals surface area contributed by atoms with Crippen LogP contribution in [0.5, 0.6) is 0 Å². The van der Waals surface area contributed by atoms with Gasteiger partial charge in [-0.15, -0.1) is 0 Å². The Kier molecular flexibility index (Phi) is 4.89. The van der Waals surface area contributed by atoms with E-state index in [9.17, 15) is 14.7 Å². The van der Waals surface area contributed by atoms with Crippen LogP contribution in [0, 0.1) is 5.92 Å². The molecule has 1 saturated carbocycles. The summed E-state index contributed by atoms with van der Waals surface area (Å²) < 4.78 is 5.98. The van der Waals surface area contributed by atoms with Gasteiger partial charge in [-0.25, -0.2) is 0 Å². The molecule has 0 unspecified atom stereocenters. The molecule has 0 bridgehead atoms. The molecule has 1 saturated heterocycles. The molecule has 1 aliphatic heterocycles. The zero-order chi connectivity index (χ0) is 19.7. The van der Waals surface area contributed by atoms with E-state index in [4.69, 9.17) is 4.74 Å². The van der Waals surface area contributed by atoms with Crippen molar-refractivity contribution in [3.05, 3.63) is 66.0 Å². The molecule has 2 heterocycles. The predicted octanol–water partition coefficient (Wildman–Crippen LogP) is 2.19. The van der Waals surface area contributed by atoms with Gasteiger partial charge in [0.1, 0.15) is 5.56 Å². The number of benzene rings is 1. The highest BCUT2D eigenvalue weighted by Gasteiger charge is 2.54. The summed E-state index contributed by atoms with van der Waals surface area (Å²) in [6.07, 6.45) is 5.55. The number of rotatable bonds is 3. The molecule has 1 N–H and O–H groups in total. The number of pyridine rings is 1. The number of aromatic nitrogens is 1. The minimum atomic E-state index is -0.925. The number of carbonyl (C=O) groups excluding carboxylic acids is 2. The highest BCUT2D eigenvalue weighted by atomic mass is 16.5. The molecule has 6 heteroatoms. The summed E-state index contributed by atoms with van der Waals surface area (Å²) in [4.78, 5) is 26.8. The van der Waals surface area contributed by atoms with Gasteiger partial charge in [0.05, 0.1) is 18.8 Å². The predicted molar refractivity (Wildman–Crippen MR) is 102 cm³/mol. The van der Waals surface area contributed by atoms with E-state index in [0.29, 0.717) is 30.9 Å². The number of amides is 1. The van der Waals surface area contributed by atoms with Crippen LogP contribution in [0.1, 0.15) is 35.2 Å². The number of nitrogens with zero attached hydrogens (tertiary/aromatic N) is 2. The molecule has 3 atom stereocenters. The second kappa shape index (κ2) is 7.36. The van der Waals surface area contributed by atoms with Gasteiger partial charge in [0.2, 0.25) is 0 Å². The van der Waals surface area contributed by atoms with Crippen LogP contribution in [0.25, 0.3) is 0 Å². The summed E-state index contributed by atoms with van der Waals surface area (Å²) in [6, 6.07) is 13.1. The molecule has 0 spiro atoms. The first-order chi connectivity index (χ1) is 13.5. The van der Waals surface area contributed by atoms with Gasteiger partial charge in [0.25, 0.3) is 5.91 Å². The highest BCUT2D eigenvalue weighted by Crippen LogP contribution is 2.46. The number of methoxy groups -OCH3 is 1. The Balaban J connectivity index is 1.60. The fourth-order valence-corrected chi connectivity index (χ4v) is 4.83. The lowest BCUT2D eigenvalue weighted by Gasteiger charge is -2.36. The zero-order valence-electron chi connectivity index (χ0n) is 16.0. The Morgan fingerprint density at radius 1 is 1.21 bits per heavy atom. The highest BCUT2D eigenvalue weighted by molar-refractivity contribution is 5.94. The first-order valence-electron chi connectivity index (χ1n) is 9.69. The minimum absolute atomic E-state index is 0.154. The largest absolute Gasteiger partial charge is 0.601 e. The SMILES string of the molecule is COC(=O)[n+]1cccc(C(=O)N2CC[C@H]3CC[C@](O)(Cc4ccccc4)[C@H]32)c1. The van der Waals surface area contributed by atoms with Crippen molar-refractivity contribution in [3.63, 3.8) is 0 Å². The van der Waals surface area contributed by atoms with E-state index in [1.807, 2.05) is 30.3 Å². The maximum absolute atomic E-state index is 13.2. The van der Waals surface area contributed by atoms with E-state index in [0.717, 1.165) is 18.4 Å². The smallest absolute Gasteiger partial charge is 0.415 e. The fourth-order valence-electron chi connectivity index (χ4n) is 4.83. The average molecular weight is 381 g/mol. The summed E-state index contributed by atoms with van der Waals surface area (Å²) >= 11 is 0. The van der Waals surface area contributed by atoms with Crippen molar-refractivity contribution < 1.29 is 24.0 Å². The van der Waals surface area contributed by atoms with Gasteiger partial charge in [-0.3, -0.25) is 4.79 Å². The number of fused-ring (bicyclic) bond motifs is 1. The van der Waals surface area contributed by atoms with E-state index in [1.165, 1.54) is 17.9 Å². The van der Waals surface area contributed by atoms with E-state index in [1.54, 1.807) is 23.2 Å². The third-order valence-corrected chi connectivity index (χ3v) is 6.07. The lowest BCUT2D eigenvalue weighted by molar-refractivity contribution is -0.585. The summed E-state index contributed by atoms with van der Waals surface area (Å²) in [5, 5.41) is 11.5. The van der Waals surface area contributed by atoms with Crippen LogP contribution in [-0.4, -0.2) is 47.3 Å². The number of ether oxygens (including phenoxy) is 1. The molecule has 2 aliphatic rings. The van der Waals surface area contributed by atoms with Crippen LogP contribution in [0.15, 0.2) is 54.9 Å². The van der Waals surface area contributed by atoms with Crippen molar-refractivity contribution >= 4 is 12.0 Å². The lowest BCUT2D eigenvalue weighted by Crippen LogP contribution is -2.52. The first-order valence-corrected chi connectivity index (χ1v) is 9.69. The molecule has 146 valence electrons. The fraction of sp³-hybridized carbons (Fsp3) is 0.409. The minimum Gasteiger partial charge on any atom is -0.415 e. The molecule has 2 fully saturated rings. The molecule has 0 radical (unpaired) electrons. The van der Waals surface area contributed by atoms with Crippen LogP contribution in [0.4, 0.5) is 4.79 Å². The third kappa shape index (κ3) is 3.29. The topological polar surface area (TPSA) is 70.7 Å². The van der Waals surface area contributed by atoms with Gasteiger partial charge in [0.15, 0.2) is 12.4 Å². The van der Waals surface area contributed by atoms with E-state index in [2.05, 4.69) is 0 Å². The monoisotopic (exact) mass is 381 g/mol. The molecule has 6 nitrogen and oxygen atoms in total. The molecular formula is C22H25N2O4+. The van der Waals surface area contributed by atoms with Crippen LogP contribution < -0.4 is 4.57 Å². The van der Waals surface area contributed by atoms with Gasteiger partial charge in [0, 0.05) is 19.0 Å². The van der Waals surface area contributed by atoms with Crippen LogP contribution in [-0.2, 0) is 11.2 Å². The Bertz CT molecular complexity index is 885. The van der Waals surface area contributed by atoms with Crippen molar-refractivity contribution in [3.8, 4) is 0 Å². The van der Waals surface area contributed by atoms with Gasteiger partial charge in [-0.1, -0.05) is 34.9 Å². The van der Waals surface area contributed by atoms with Crippen LogP contribution in [0.3, 0.4) is 0 Å². The Morgan fingerprint density at radius 2 is 2.00 bits per heavy atom. The molecule has 28 heavy (non-hydrogen) atoms. The van der Waals surface area contributed by atoms with Gasteiger partial charge in [-0.05, 0) is 36.8 Å². The van der Waals surface area contributed by atoms with Gasteiger partial charge >= 0.3 is 6.09 Å². The summed E-state index contributed by atoms with van der Waals surface area (Å²) in [7, 11) is 1.30. The van der Waals surface area contributed by atoms with Gasteiger partial charge < -0.3 is 14.7 Å². The molecule has 4 rings (SSSR count). The maximum atomic E-state index is 13.2. The normalized spacial score (nSPS) is 26.1. The molecule has 1 aromatic carbocycles. The van der Waals surface area contributed by atoms with E-state index in [-0.39, 0.29) is 11.9 Å². The number of aliphatic hydroxyl groups is 1. The lowest BCUT2D eigenvalue weighted by atomic mass is 9.87. The van der Waals surface area contributed by atoms with Crippen molar-refractivity contribution in [1.82, 2.24) is 4.90 Å². The molecular weight excluding hydrogens is 356 g/mol. The van der Waals surface area contributed by atoms with Gasteiger partial charge in [-0.2, -0.15) is 4.79 Å². The molecule has 1 amide bonds. The first kappa shape index (κ1) is 18.6. The Hall–Kier alpha value is -2.73. The van der Waals surface area contributed by atoms with Crippen molar-refractivity contribution in [1.29, 1.82) is 0 Å². The summed E-state index contributed by atoms with van der Waals surface area (Å²) in [5.41, 5.74) is 0.571. The van der Waals surface area contributed by atoms with Crippen molar-refractivity contribution in [2.75, 3.05) is 13.7 Å². The molecule has 1 aliphatic carbocycles. The number of likely N-dealkylation sites (tertiary alicyclic amines) is 1. The summed E-state index contributed by atoms with van der Waals surface area (Å²) in [5.74, 6) is 0.160. The second-order valence-electron chi connectivity index (χ2n) is 7.77. The average Bonchev–Trinajstić information content (AvgIpc) is 3.29. The van der Waals surface area contributed by atoms with E-state index >= 15 is 0 Å². The molecule has 2 aromatic rings. The molecule has 1 aromatic heterocycles. The number of carbonyl (C=O) groups is 2. The number of hydrogen-bond donors (Lipinski definition) is 1. The second-order valence-corrected chi connectivity index (χ2v) is 7.77. The maximum Gasteiger partial charge on any atom is 0.601 e. The zero-order valence-corrected chi connectivity index (χ0v) is 16.0. The van der Waals surface area contributed by atoms with Crippen molar-refractivity contribution in [2.45, 2.75) is 37.3 Å².